The van der Waals surface area contributed by atoms with Crippen LogP contribution >= 0.6 is 34.5 Å². The van der Waals surface area contributed by atoms with Gasteiger partial charge in [-0.3, -0.25) is 9.48 Å². The van der Waals surface area contributed by atoms with Crippen molar-refractivity contribution in [2.24, 2.45) is 7.05 Å². The number of halogens is 6. The van der Waals surface area contributed by atoms with E-state index >= 15 is 0 Å². The first kappa shape index (κ1) is 18.9. The van der Waals surface area contributed by atoms with Crippen LogP contribution in [-0.4, -0.2) is 20.7 Å². The maximum absolute atomic E-state index is 14.6. The van der Waals surface area contributed by atoms with E-state index in [2.05, 4.69) is 15.4 Å². The summed E-state index contributed by atoms with van der Waals surface area (Å²) in [5.74, 6) is -1.33. The zero-order valence-corrected chi connectivity index (χ0v) is 15.3. The number of hydrogen-bond acceptors (Lipinski definition) is 4. The molecule has 26 heavy (non-hydrogen) atoms. The van der Waals surface area contributed by atoms with Crippen LogP contribution in [0.5, 0.6) is 0 Å². The van der Waals surface area contributed by atoms with Gasteiger partial charge in [0.05, 0.1) is 20.3 Å². The van der Waals surface area contributed by atoms with Crippen molar-refractivity contribution in [3.05, 3.63) is 27.6 Å². The van der Waals surface area contributed by atoms with Crippen LogP contribution in [0.4, 0.5) is 22.7 Å². The summed E-state index contributed by atoms with van der Waals surface area (Å²) < 4.78 is 54.7. The zero-order chi connectivity index (χ0) is 19.4. The lowest BCUT2D eigenvalue weighted by Gasteiger charge is -2.06. The molecule has 2 heterocycles. The monoisotopic (exact) mass is 426 g/mol. The lowest BCUT2D eigenvalue weighted by Crippen LogP contribution is -2.12. The summed E-state index contributed by atoms with van der Waals surface area (Å²) in [6.07, 6.45) is -4.77. The molecular weight excluding hydrogens is 419 g/mol. The number of carbonyl (C=O) groups excluding carboxylic acids is 1. The van der Waals surface area contributed by atoms with E-state index in [0.717, 1.165) is 24.5 Å². The van der Waals surface area contributed by atoms with Crippen LogP contribution in [0.15, 0.2) is 6.07 Å². The number of thiazole rings is 1. The van der Waals surface area contributed by atoms with Gasteiger partial charge in [0, 0.05) is 14.0 Å². The molecule has 3 rings (SSSR count). The first-order chi connectivity index (χ1) is 12.0. The average molecular weight is 427 g/mol. The second kappa shape index (κ2) is 6.36. The predicted octanol–water partition coefficient (Wildman–Crippen LogP) is 5.12. The molecule has 0 bridgehead atoms. The van der Waals surface area contributed by atoms with E-state index < -0.39 is 34.3 Å². The molecule has 1 N–H and O–H groups in total. The summed E-state index contributed by atoms with van der Waals surface area (Å²) in [4.78, 5) is 15.3. The molecular formula is C14H8Cl2F4N4OS. The van der Waals surface area contributed by atoms with Crippen molar-refractivity contribution >= 4 is 55.8 Å². The number of aromatic nitrogens is 3. The minimum atomic E-state index is -4.77. The Labute approximate surface area is 157 Å². The van der Waals surface area contributed by atoms with E-state index in [1.165, 1.54) is 6.92 Å². The minimum absolute atomic E-state index is 0.0581. The van der Waals surface area contributed by atoms with Gasteiger partial charge in [-0.05, 0) is 6.07 Å². The van der Waals surface area contributed by atoms with Gasteiger partial charge in [-0.15, -0.1) is 0 Å². The number of fused-ring (bicyclic) bond motifs is 1. The molecule has 0 fully saturated rings. The average Bonchev–Trinajstić information content (AvgIpc) is 2.99. The molecule has 12 heteroatoms. The number of carbonyl (C=O) groups is 1. The Hall–Kier alpha value is -1.91. The molecule has 0 saturated carbocycles. The molecule has 0 aliphatic carbocycles. The summed E-state index contributed by atoms with van der Waals surface area (Å²) in [6.45, 7) is 1.25. The number of nitrogens with one attached hydrogen (secondary N) is 1. The largest absolute Gasteiger partial charge is 0.434 e. The molecule has 0 atom stereocenters. The fraction of sp³-hybridized carbons (Fsp3) is 0.214. The van der Waals surface area contributed by atoms with Crippen molar-refractivity contribution < 1.29 is 22.4 Å². The van der Waals surface area contributed by atoms with E-state index in [0.29, 0.717) is 4.68 Å². The summed E-state index contributed by atoms with van der Waals surface area (Å²) in [6, 6.07) is 0.911. The van der Waals surface area contributed by atoms with Gasteiger partial charge in [0.25, 0.3) is 0 Å². The highest BCUT2D eigenvalue weighted by Gasteiger charge is 2.39. The molecule has 0 spiro atoms. The Bertz CT molecular complexity index is 1040. The van der Waals surface area contributed by atoms with Gasteiger partial charge >= 0.3 is 6.18 Å². The molecule has 3 aromatic rings. The third-order valence-electron chi connectivity index (χ3n) is 3.35. The number of nitrogens with zero attached hydrogens (tertiary/aromatic N) is 3. The number of amides is 1. The topological polar surface area (TPSA) is 59.8 Å². The van der Waals surface area contributed by atoms with Gasteiger partial charge < -0.3 is 5.32 Å². The lowest BCUT2D eigenvalue weighted by atomic mass is 10.1. The second-order valence-electron chi connectivity index (χ2n) is 5.23. The van der Waals surface area contributed by atoms with Crippen LogP contribution < -0.4 is 5.32 Å². The summed E-state index contributed by atoms with van der Waals surface area (Å²) >= 11 is 12.7. The molecule has 0 radical (unpaired) electrons. The van der Waals surface area contributed by atoms with Crippen LogP contribution in [0.2, 0.25) is 10.0 Å². The first-order valence-electron chi connectivity index (χ1n) is 6.87. The Morgan fingerprint density at radius 2 is 2.00 bits per heavy atom. The Morgan fingerprint density at radius 3 is 2.54 bits per heavy atom. The normalized spacial score (nSPS) is 12.0. The standard InChI is InChI=1S/C14H8Cl2F4N4OS/c1-4(25)21-13-22-9-5(15)3-6(17)7(11(9)26-13)10-8(16)12(14(18,19)20)24(2)23-10/h3H,1-2H3,(H,21,22,25). The van der Waals surface area contributed by atoms with Crippen molar-refractivity contribution in [1.29, 1.82) is 0 Å². The van der Waals surface area contributed by atoms with E-state index in [9.17, 15) is 22.4 Å². The highest BCUT2D eigenvalue weighted by Crippen LogP contribution is 2.45. The third kappa shape index (κ3) is 3.12. The highest BCUT2D eigenvalue weighted by molar-refractivity contribution is 7.23. The van der Waals surface area contributed by atoms with E-state index in [-0.39, 0.29) is 25.9 Å². The fourth-order valence-electron chi connectivity index (χ4n) is 2.40. The smallest absolute Gasteiger partial charge is 0.302 e. The SMILES string of the molecule is CC(=O)Nc1nc2c(Cl)cc(F)c(-c3nn(C)c(C(F)(F)F)c3Cl)c2s1. The van der Waals surface area contributed by atoms with Gasteiger partial charge in [-0.1, -0.05) is 34.5 Å². The lowest BCUT2D eigenvalue weighted by molar-refractivity contribution is -0.143. The van der Waals surface area contributed by atoms with E-state index in [1.54, 1.807) is 0 Å². The zero-order valence-electron chi connectivity index (χ0n) is 13.0. The number of rotatable bonds is 2. The van der Waals surface area contributed by atoms with E-state index in [4.69, 9.17) is 23.2 Å². The maximum Gasteiger partial charge on any atom is 0.434 e. The molecule has 2 aromatic heterocycles. The fourth-order valence-corrected chi connectivity index (χ4v) is 4.13. The number of alkyl halides is 3. The number of anilines is 1. The Kier molecular flexibility index (Phi) is 4.62. The molecule has 0 aliphatic rings. The molecule has 0 unspecified atom stereocenters. The van der Waals surface area contributed by atoms with Gasteiger partial charge in [-0.25, -0.2) is 9.37 Å². The number of hydrogen-bond donors (Lipinski definition) is 1. The summed E-state index contributed by atoms with van der Waals surface area (Å²) in [5, 5.41) is 5.47. The summed E-state index contributed by atoms with van der Waals surface area (Å²) in [5.41, 5.74) is -1.75. The number of aryl methyl sites for hydroxylation is 1. The van der Waals surface area contributed by atoms with Crippen molar-refractivity contribution in [3.63, 3.8) is 0 Å². The molecule has 1 amide bonds. The van der Waals surface area contributed by atoms with Crippen molar-refractivity contribution in [2.75, 3.05) is 5.32 Å². The van der Waals surface area contributed by atoms with E-state index in [1.807, 2.05) is 0 Å². The molecule has 5 nitrogen and oxygen atoms in total. The minimum Gasteiger partial charge on any atom is -0.302 e. The van der Waals surface area contributed by atoms with Crippen molar-refractivity contribution in [2.45, 2.75) is 13.1 Å². The van der Waals surface area contributed by atoms with Gasteiger partial charge in [-0.2, -0.15) is 18.3 Å². The van der Waals surface area contributed by atoms with Crippen molar-refractivity contribution in [3.8, 4) is 11.3 Å². The highest BCUT2D eigenvalue weighted by atomic mass is 35.5. The van der Waals surface area contributed by atoms with Crippen LogP contribution in [0, 0.1) is 5.82 Å². The Balaban J connectivity index is 2.32. The van der Waals surface area contributed by atoms with Crippen LogP contribution in [0.1, 0.15) is 12.6 Å². The van der Waals surface area contributed by atoms with Gasteiger partial charge in [0.15, 0.2) is 10.8 Å². The summed E-state index contributed by atoms with van der Waals surface area (Å²) in [7, 11) is 1.05. The second-order valence-corrected chi connectivity index (χ2v) is 7.01. The molecule has 138 valence electrons. The van der Waals surface area contributed by atoms with Crippen LogP contribution in [-0.2, 0) is 18.0 Å². The molecule has 0 aliphatic heterocycles. The maximum atomic E-state index is 14.6. The van der Waals surface area contributed by atoms with Gasteiger partial charge in [0.2, 0.25) is 5.91 Å². The molecule has 1 aromatic carbocycles. The van der Waals surface area contributed by atoms with Crippen LogP contribution in [0.3, 0.4) is 0 Å². The van der Waals surface area contributed by atoms with Crippen LogP contribution in [0.25, 0.3) is 21.5 Å². The Morgan fingerprint density at radius 1 is 1.35 bits per heavy atom. The third-order valence-corrected chi connectivity index (χ3v) is 4.98. The van der Waals surface area contributed by atoms with Crippen molar-refractivity contribution in [1.82, 2.24) is 14.8 Å². The van der Waals surface area contributed by atoms with Gasteiger partial charge in [0.1, 0.15) is 17.0 Å². The molecule has 0 saturated heterocycles. The predicted molar refractivity (Wildman–Crippen MR) is 91.1 cm³/mol. The number of benzene rings is 1. The quantitative estimate of drug-likeness (QED) is 0.578. The first-order valence-corrected chi connectivity index (χ1v) is 8.44.